The molecule has 0 aliphatic carbocycles. The molecule has 2 aromatic carbocycles. The standard InChI is InChI=1S/C18H17Cl2NO3S/c1-3-24-18(23)15-9-6-13(10-16(15)20)21-17(22)11(2)25-14-7-4-12(19)5-8-14/h4-11H,3H2,1-2H3,(H,21,22). The van der Waals surface area contributed by atoms with Crippen molar-refractivity contribution >= 4 is 52.5 Å². The summed E-state index contributed by atoms with van der Waals surface area (Å²) in [4.78, 5) is 25.0. The first-order valence-corrected chi connectivity index (χ1v) is 9.24. The van der Waals surface area contributed by atoms with Gasteiger partial charge >= 0.3 is 5.97 Å². The van der Waals surface area contributed by atoms with Gasteiger partial charge in [-0.2, -0.15) is 0 Å². The smallest absolute Gasteiger partial charge is 0.339 e. The number of carbonyl (C=O) groups is 2. The molecular formula is C18H17Cl2NO3S. The zero-order valence-electron chi connectivity index (χ0n) is 13.7. The molecular weight excluding hydrogens is 381 g/mol. The fraction of sp³-hybridized carbons (Fsp3) is 0.222. The van der Waals surface area contributed by atoms with Crippen molar-refractivity contribution in [3.63, 3.8) is 0 Å². The van der Waals surface area contributed by atoms with Crippen molar-refractivity contribution in [2.24, 2.45) is 0 Å². The minimum Gasteiger partial charge on any atom is -0.462 e. The molecule has 0 aliphatic rings. The summed E-state index contributed by atoms with van der Waals surface area (Å²) >= 11 is 13.4. The van der Waals surface area contributed by atoms with Gasteiger partial charge in [0.15, 0.2) is 0 Å². The van der Waals surface area contributed by atoms with Gasteiger partial charge in [-0.15, -0.1) is 11.8 Å². The van der Waals surface area contributed by atoms with Crippen LogP contribution in [0, 0.1) is 0 Å². The molecule has 0 fully saturated rings. The summed E-state index contributed by atoms with van der Waals surface area (Å²) in [6.07, 6.45) is 0. The Kier molecular flexibility index (Phi) is 7.17. The Hall–Kier alpha value is -1.69. The first-order chi connectivity index (χ1) is 11.9. The summed E-state index contributed by atoms with van der Waals surface area (Å²) in [7, 11) is 0. The molecule has 0 saturated heterocycles. The maximum Gasteiger partial charge on any atom is 0.339 e. The van der Waals surface area contributed by atoms with Crippen LogP contribution in [0.1, 0.15) is 24.2 Å². The molecule has 1 unspecified atom stereocenters. The first kappa shape index (κ1) is 19.6. The van der Waals surface area contributed by atoms with E-state index in [1.165, 1.54) is 23.9 Å². The molecule has 0 radical (unpaired) electrons. The van der Waals surface area contributed by atoms with E-state index in [-0.39, 0.29) is 28.4 Å². The van der Waals surface area contributed by atoms with Crippen molar-refractivity contribution in [2.75, 3.05) is 11.9 Å². The van der Waals surface area contributed by atoms with Crippen LogP contribution >= 0.6 is 35.0 Å². The molecule has 25 heavy (non-hydrogen) atoms. The number of amides is 1. The van der Waals surface area contributed by atoms with Crippen LogP contribution in [0.2, 0.25) is 10.0 Å². The van der Waals surface area contributed by atoms with Crippen LogP contribution in [0.5, 0.6) is 0 Å². The molecule has 0 bridgehead atoms. The van der Waals surface area contributed by atoms with E-state index in [9.17, 15) is 9.59 Å². The maximum atomic E-state index is 12.3. The first-order valence-electron chi connectivity index (χ1n) is 7.60. The Morgan fingerprint density at radius 2 is 1.84 bits per heavy atom. The number of ether oxygens (including phenoxy) is 1. The van der Waals surface area contributed by atoms with Crippen molar-refractivity contribution in [1.82, 2.24) is 0 Å². The zero-order chi connectivity index (χ0) is 18.4. The molecule has 2 aromatic rings. The fourth-order valence-electron chi connectivity index (χ4n) is 1.98. The molecule has 0 spiro atoms. The minimum atomic E-state index is -0.489. The predicted octanol–water partition coefficient (Wildman–Crippen LogP) is 5.29. The number of rotatable bonds is 6. The van der Waals surface area contributed by atoms with Crippen molar-refractivity contribution in [1.29, 1.82) is 0 Å². The summed E-state index contributed by atoms with van der Waals surface area (Å²) in [5.41, 5.74) is 0.789. The number of nitrogens with one attached hydrogen (secondary N) is 1. The van der Waals surface area contributed by atoms with Crippen LogP contribution in [0.25, 0.3) is 0 Å². The van der Waals surface area contributed by atoms with Crippen LogP contribution in [-0.2, 0) is 9.53 Å². The van der Waals surface area contributed by atoms with E-state index in [2.05, 4.69) is 5.32 Å². The normalized spacial score (nSPS) is 11.7. The number of thioether (sulfide) groups is 1. The topological polar surface area (TPSA) is 55.4 Å². The van der Waals surface area contributed by atoms with Crippen LogP contribution in [0.4, 0.5) is 5.69 Å². The number of hydrogen-bond donors (Lipinski definition) is 1. The minimum absolute atomic E-state index is 0.167. The van der Waals surface area contributed by atoms with E-state index in [0.29, 0.717) is 10.7 Å². The highest BCUT2D eigenvalue weighted by atomic mass is 35.5. The Bertz CT molecular complexity index is 765. The third kappa shape index (κ3) is 5.66. The van der Waals surface area contributed by atoms with Gasteiger partial charge in [0.2, 0.25) is 5.91 Å². The van der Waals surface area contributed by atoms with Crippen molar-refractivity contribution in [3.05, 3.63) is 58.1 Å². The zero-order valence-corrected chi connectivity index (χ0v) is 16.0. The van der Waals surface area contributed by atoms with E-state index in [4.69, 9.17) is 27.9 Å². The summed E-state index contributed by atoms with van der Waals surface area (Å²) in [6, 6.07) is 12.0. The Labute approximate surface area is 160 Å². The van der Waals surface area contributed by atoms with E-state index >= 15 is 0 Å². The van der Waals surface area contributed by atoms with Crippen molar-refractivity contribution < 1.29 is 14.3 Å². The van der Waals surface area contributed by atoms with Crippen molar-refractivity contribution in [2.45, 2.75) is 24.0 Å². The van der Waals surface area contributed by atoms with Gasteiger partial charge in [0, 0.05) is 15.6 Å². The molecule has 132 valence electrons. The van der Waals surface area contributed by atoms with E-state index in [1.54, 1.807) is 25.1 Å². The van der Waals surface area contributed by atoms with Crippen LogP contribution in [0.15, 0.2) is 47.4 Å². The third-order valence-electron chi connectivity index (χ3n) is 3.23. The molecule has 0 saturated carbocycles. The van der Waals surface area contributed by atoms with Gasteiger partial charge in [0.05, 0.1) is 22.4 Å². The summed E-state index contributed by atoms with van der Waals surface area (Å²) < 4.78 is 4.92. The third-order valence-corrected chi connectivity index (χ3v) is 4.90. The fourth-order valence-corrected chi connectivity index (χ4v) is 3.23. The highest BCUT2D eigenvalue weighted by Gasteiger charge is 2.16. The lowest BCUT2D eigenvalue weighted by Crippen LogP contribution is -2.22. The number of hydrogen-bond acceptors (Lipinski definition) is 4. The lowest BCUT2D eigenvalue weighted by atomic mass is 10.2. The van der Waals surface area contributed by atoms with Crippen molar-refractivity contribution in [3.8, 4) is 0 Å². The number of halogens is 2. The molecule has 1 N–H and O–H groups in total. The predicted molar refractivity (Wildman–Crippen MR) is 103 cm³/mol. The van der Waals surface area contributed by atoms with Gasteiger partial charge in [0.25, 0.3) is 0 Å². The van der Waals surface area contributed by atoms with Crippen LogP contribution in [0.3, 0.4) is 0 Å². The van der Waals surface area contributed by atoms with Gasteiger partial charge in [-0.05, 0) is 56.3 Å². The lowest BCUT2D eigenvalue weighted by molar-refractivity contribution is -0.115. The Balaban J connectivity index is 2.00. The second-order valence-corrected chi connectivity index (χ2v) is 7.38. The van der Waals surface area contributed by atoms with Gasteiger partial charge in [-0.3, -0.25) is 4.79 Å². The van der Waals surface area contributed by atoms with E-state index < -0.39 is 5.97 Å². The van der Waals surface area contributed by atoms with Gasteiger partial charge in [0.1, 0.15) is 0 Å². The Morgan fingerprint density at radius 1 is 1.16 bits per heavy atom. The molecule has 0 heterocycles. The summed E-state index contributed by atoms with van der Waals surface area (Å²) in [5, 5.41) is 3.36. The molecule has 1 amide bonds. The average Bonchev–Trinajstić information content (AvgIpc) is 2.57. The quantitative estimate of drug-likeness (QED) is 0.531. The van der Waals surface area contributed by atoms with E-state index in [1.807, 2.05) is 19.1 Å². The number of benzene rings is 2. The molecule has 2 rings (SSSR count). The van der Waals surface area contributed by atoms with Crippen LogP contribution in [-0.4, -0.2) is 23.7 Å². The molecule has 1 atom stereocenters. The van der Waals surface area contributed by atoms with Gasteiger partial charge in [-0.25, -0.2) is 4.79 Å². The maximum absolute atomic E-state index is 12.3. The summed E-state index contributed by atoms with van der Waals surface area (Å²) in [6.45, 7) is 3.80. The Morgan fingerprint density at radius 3 is 2.44 bits per heavy atom. The number of carbonyl (C=O) groups excluding carboxylic acids is 2. The van der Waals surface area contributed by atoms with Gasteiger partial charge in [-0.1, -0.05) is 23.2 Å². The molecule has 4 nitrogen and oxygen atoms in total. The SMILES string of the molecule is CCOC(=O)c1ccc(NC(=O)C(C)Sc2ccc(Cl)cc2)cc1Cl. The number of anilines is 1. The number of esters is 1. The second kappa shape index (κ2) is 9.13. The summed E-state index contributed by atoms with van der Waals surface area (Å²) in [5.74, 6) is -0.656. The molecule has 7 heteroatoms. The van der Waals surface area contributed by atoms with Crippen LogP contribution < -0.4 is 5.32 Å². The monoisotopic (exact) mass is 397 g/mol. The largest absolute Gasteiger partial charge is 0.462 e. The average molecular weight is 398 g/mol. The highest BCUT2D eigenvalue weighted by molar-refractivity contribution is 8.00. The van der Waals surface area contributed by atoms with E-state index in [0.717, 1.165) is 4.90 Å². The lowest BCUT2D eigenvalue weighted by Gasteiger charge is -2.13. The molecule has 0 aliphatic heterocycles. The second-order valence-electron chi connectivity index (χ2n) is 5.12. The molecule has 0 aromatic heterocycles. The highest BCUT2D eigenvalue weighted by Crippen LogP contribution is 2.27. The van der Waals surface area contributed by atoms with Gasteiger partial charge < -0.3 is 10.1 Å².